The summed E-state index contributed by atoms with van der Waals surface area (Å²) in [7, 11) is 0. The molecule has 0 amide bonds. The molecule has 0 aromatic carbocycles. The van der Waals surface area contributed by atoms with E-state index in [1.165, 1.54) is 0 Å². The number of hydrogen-bond acceptors (Lipinski definition) is 2. The fraction of sp³-hybridized carbons (Fsp3) is 0.875. The van der Waals surface area contributed by atoms with Gasteiger partial charge < -0.3 is 5.11 Å². The van der Waals surface area contributed by atoms with Gasteiger partial charge in [-0.05, 0) is 25.2 Å². The van der Waals surface area contributed by atoms with Gasteiger partial charge in [0.05, 0.1) is 6.10 Å². The van der Waals surface area contributed by atoms with Crippen LogP contribution in [0.3, 0.4) is 0 Å². The normalized spacial score (nSPS) is 46.1. The van der Waals surface area contributed by atoms with Crippen LogP contribution in [0.1, 0.15) is 25.7 Å². The van der Waals surface area contributed by atoms with Gasteiger partial charge in [-0.1, -0.05) is 0 Å². The van der Waals surface area contributed by atoms with E-state index in [0.717, 1.165) is 25.7 Å². The summed E-state index contributed by atoms with van der Waals surface area (Å²) in [6.45, 7) is 0. The van der Waals surface area contributed by atoms with Crippen molar-refractivity contribution >= 4 is 5.78 Å². The van der Waals surface area contributed by atoms with E-state index in [1.807, 2.05) is 0 Å². The molecule has 0 saturated heterocycles. The molecular weight excluding hydrogens is 128 g/mol. The van der Waals surface area contributed by atoms with Crippen molar-refractivity contribution < 1.29 is 9.90 Å². The second-order valence-electron chi connectivity index (χ2n) is 3.52. The summed E-state index contributed by atoms with van der Waals surface area (Å²) in [6, 6.07) is 0. The molecule has 2 saturated carbocycles. The van der Waals surface area contributed by atoms with Gasteiger partial charge in [0.15, 0.2) is 0 Å². The van der Waals surface area contributed by atoms with Crippen LogP contribution >= 0.6 is 0 Å². The maximum Gasteiger partial charge on any atom is 0.138 e. The molecule has 0 aromatic rings. The Labute approximate surface area is 60.2 Å². The minimum atomic E-state index is -0.314. The molecule has 0 heterocycles. The smallest absolute Gasteiger partial charge is 0.138 e. The maximum atomic E-state index is 11.1. The molecule has 0 spiro atoms. The second-order valence-corrected chi connectivity index (χ2v) is 3.52. The molecule has 0 radical (unpaired) electrons. The van der Waals surface area contributed by atoms with E-state index in [2.05, 4.69) is 0 Å². The Morgan fingerprint density at radius 1 is 1.40 bits per heavy atom. The summed E-state index contributed by atoms with van der Waals surface area (Å²) in [6.07, 6.45) is 3.29. The van der Waals surface area contributed by atoms with Crippen LogP contribution in [-0.2, 0) is 4.79 Å². The number of Topliss-reactive ketones (excluding diaryl/α,β-unsaturated/α-hetero) is 1. The second kappa shape index (κ2) is 2.06. The van der Waals surface area contributed by atoms with Crippen molar-refractivity contribution in [2.45, 2.75) is 31.8 Å². The van der Waals surface area contributed by atoms with Crippen LogP contribution in [-0.4, -0.2) is 17.0 Å². The van der Waals surface area contributed by atoms with E-state index in [4.69, 9.17) is 0 Å². The van der Waals surface area contributed by atoms with Gasteiger partial charge in [-0.2, -0.15) is 0 Å². The highest BCUT2D eigenvalue weighted by atomic mass is 16.3. The van der Waals surface area contributed by atoms with Gasteiger partial charge in [0.1, 0.15) is 5.78 Å². The lowest BCUT2D eigenvalue weighted by atomic mass is 9.87. The zero-order valence-corrected chi connectivity index (χ0v) is 5.92. The SMILES string of the molecule is O=C1CC2CCC(O)C1C2. The standard InChI is InChI=1S/C8H12O2/c9-7-2-1-5-3-6(7)8(10)4-5/h5-7,9H,1-4H2. The molecule has 0 aromatic heterocycles. The number of aliphatic hydroxyl groups excluding tert-OH is 1. The highest BCUT2D eigenvalue weighted by Gasteiger charge is 2.40. The zero-order valence-electron chi connectivity index (χ0n) is 5.92. The summed E-state index contributed by atoms with van der Waals surface area (Å²) < 4.78 is 0. The van der Waals surface area contributed by atoms with Crippen LogP contribution in [0.25, 0.3) is 0 Å². The third kappa shape index (κ3) is 0.788. The molecule has 2 nitrogen and oxygen atoms in total. The van der Waals surface area contributed by atoms with Gasteiger partial charge in [0.25, 0.3) is 0 Å². The third-order valence-corrected chi connectivity index (χ3v) is 2.83. The Kier molecular flexibility index (Phi) is 1.31. The molecule has 10 heavy (non-hydrogen) atoms. The van der Waals surface area contributed by atoms with Crippen LogP contribution in [0.4, 0.5) is 0 Å². The van der Waals surface area contributed by atoms with E-state index >= 15 is 0 Å². The van der Waals surface area contributed by atoms with Gasteiger partial charge in [-0.15, -0.1) is 0 Å². The average molecular weight is 140 g/mol. The molecule has 3 atom stereocenters. The molecular formula is C8H12O2. The number of hydrogen-bond donors (Lipinski definition) is 1. The maximum absolute atomic E-state index is 11.1. The van der Waals surface area contributed by atoms with Crippen LogP contribution < -0.4 is 0 Å². The molecule has 1 N–H and O–H groups in total. The zero-order chi connectivity index (χ0) is 7.14. The van der Waals surface area contributed by atoms with Gasteiger partial charge in [-0.25, -0.2) is 0 Å². The minimum absolute atomic E-state index is 0.0127. The minimum Gasteiger partial charge on any atom is -0.392 e. The quantitative estimate of drug-likeness (QED) is 0.538. The van der Waals surface area contributed by atoms with Gasteiger partial charge in [0.2, 0.25) is 0 Å². The van der Waals surface area contributed by atoms with E-state index in [0.29, 0.717) is 11.7 Å². The lowest BCUT2D eigenvalue weighted by Crippen LogP contribution is -2.26. The van der Waals surface area contributed by atoms with Crippen molar-refractivity contribution in [3.63, 3.8) is 0 Å². The fourth-order valence-electron chi connectivity index (χ4n) is 2.21. The molecule has 2 fully saturated rings. The van der Waals surface area contributed by atoms with Crippen molar-refractivity contribution in [3.05, 3.63) is 0 Å². The van der Waals surface area contributed by atoms with Crippen LogP contribution in [0.2, 0.25) is 0 Å². The van der Waals surface area contributed by atoms with E-state index in [-0.39, 0.29) is 12.0 Å². The fourth-order valence-corrected chi connectivity index (χ4v) is 2.21. The summed E-state index contributed by atoms with van der Waals surface area (Å²) in [5, 5.41) is 9.35. The molecule has 0 aliphatic heterocycles. The van der Waals surface area contributed by atoms with E-state index < -0.39 is 0 Å². The molecule has 2 aliphatic rings. The Morgan fingerprint density at radius 2 is 2.20 bits per heavy atom. The van der Waals surface area contributed by atoms with E-state index in [1.54, 1.807) is 0 Å². The van der Waals surface area contributed by atoms with Crippen molar-refractivity contribution in [1.82, 2.24) is 0 Å². The molecule has 56 valence electrons. The first-order chi connectivity index (χ1) is 4.77. The first-order valence-electron chi connectivity index (χ1n) is 3.98. The van der Waals surface area contributed by atoms with E-state index in [9.17, 15) is 9.90 Å². The predicted octanol–water partition coefficient (Wildman–Crippen LogP) is 0.736. The van der Waals surface area contributed by atoms with Gasteiger partial charge in [-0.3, -0.25) is 4.79 Å². The number of carbonyl (C=O) groups excluding carboxylic acids is 1. The number of rotatable bonds is 0. The first kappa shape index (κ1) is 6.35. The largest absolute Gasteiger partial charge is 0.392 e. The highest BCUT2D eigenvalue weighted by molar-refractivity contribution is 5.84. The number of ketones is 1. The summed E-state index contributed by atoms with van der Waals surface area (Å²) in [5.74, 6) is 0.926. The van der Waals surface area contributed by atoms with Gasteiger partial charge in [0, 0.05) is 12.3 Å². The lowest BCUT2D eigenvalue weighted by Gasteiger charge is -2.22. The first-order valence-corrected chi connectivity index (χ1v) is 3.98. The monoisotopic (exact) mass is 140 g/mol. The number of fused-ring (bicyclic) bond motifs is 2. The predicted molar refractivity (Wildman–Crippen MR) is 36.5 cm³/mol. The van der Waals surface area contributed by atoms with Crippen molar-refractivity contribution in [2.75, 3.05) is 0 Å². The molecule has 2 aliphatic carbocycles. The summed E-state index contributed by atoms with van der Waals surface area (Å²) >= 11 is 0. The Morgan fingerprint density at radius 3 is 2.90 bits per heavy atom. The van der Waals surface area contributed by atoms with Gasteiger partial charge >= 0.3 is 0 Å². The molecule has 2 rings (SSSR count). The Hall–Kier alpha value is -0.370. The third-order valence-electron chi connectivity index (χ3n) is 2.83. The molecule has 2 bridgehead atoms. The number of carbonyl (C=O) groups is 1. The Balaban J connectivity index is 2.17. The topological polar surface area (TPSA) is 37.3 Å². The van der Waals surface area contributed by atoms with Crippen molar-refractivity contribution in [3.8, 4) is 0 Å². The lowest BCUT2D eigenvalue weighted by molar-refractivity contribution is -0.123. The van der Waals surface area contributed by atoms with Crippen molar-refractivity contribution in [2.24, 2.45) is 11.8 Å². The van der Waals surface area contributed by atoms with Crippen molar-refractivity contribution in [1.29, 1.82) is 0 Å². The molecule has 3 unspecified atom stereocenters. The van der Waals surface area contributed by atoms with Crippen LogP contribution in [0.5, 0.6) is 0 Å². The summed E-state index contributed by atoms with van der Waals surface area (Å²) in [5.41, 5.74) is 0. The highest BCUT2D eigenvalue weighted by Crippen LogP contribution is 2.39. The number of aliphatic hydroxyl groups is 1. The average Bonchev–Trinajstić information content (AvgIpc) is 2.21. The Bertz CT molecular complexity index is 165. The summed E-state index contributed by atoms with van der Waals surface area (Å²) in [4.78, 5) is 11.1. The molecule has 2 heteroatoms. The van der Waals surface area contributed by atoms with Crippen LogP contribution in [0, 0.1) is 11.8 Å². The van der Waals surface area contributed by atoms with Crippen LogP contribution in [0.15, 0.2) is 0 Å².